The second kappa shape index (κ2) is 24.2. The lowest BCUT2D eigenvalue weighted by Crippen LogP contribution is -2.49. The van der Waals surface area contributed by atoms with Crippen LogP contribution in [-0.4, -0.2) is 118 Å². The molecule has 3 saturated heterocycles. The first-order valence-corrected chi connectivity index (χ1v) is 24.4. The van der Waals surface area contributed by atoms with Crippen LogP contribution in [0.4, 0.5) is 17.3 Å². The zero-order valence-electron chi connectivity index (χ0n) is 40.0. The van der Waals surface area contributed by atoms with Gasteiger partial charge in [0.2, 0.25) is 0 Å². The number of amides is 1. The Morgan fingerprint density at radius 2 is 1.59 bits per heavy atom. The molecule has 7 rings (SSSR count). The van der Waals surface area contributed by atoms with Crippen LogP contribution in [0.3, 0.4) is 0 Å². The smallest absolute Gasteiger partial charge is 0.264 e. The van der Waals surface area contributed by atoms with E-state index in [0.29, 0.717) is 28.7 Å². The van der Waals surface area contributed by atoms with E-state index in [1.54, 1.807) is 13.0 Å². The number of piperidine rings is 2. The maximum absolute atomic E-state index is 10.4. The number of rotatable bonds is 12. The van der Waals surface area contributed by atoms with Gasteiger partial charge < -0.3 is 42.2 Å². The summed E-state index contributed by atoms with van der Waals surface area (Å²) in [6.07, 6.45) is 6.25. The van der Waals surface area contributed by atoms with Crippen LogP contribution in [-0.2, 0) is 11.3 Å². The van der Waals surface area contributed by atoms with Gasteiger partial charge in [-0.3, -0.25) is 20.0 Å². The van der Waals surface area contributed by atoms with E-state index in [4.69, 9.17) is 33.9 Å². The molecule has 3 aliphatic rings. The lowest BCUT2D eigenvalue weighted by molar-refractivity contribution is -0.114. The number of likely N-dealkylation sites (tertiary alicyclic amines) is 1. The Bertz CT molecular complexity index is 2250. The lowest BCUT2D eigenvalue weighted by Gasteiger charge is -2.40. The van der Waals surface area contributed by atoms with E-state index < -0.39 is 0 Å². The van der Waals surface area contributed by atoms with Crippen molar-refractivity contribution in [3.05, 3.63) is 88.1 Å². The van der Waals surface area contributed by atoms with Crippen LogP contribution >= 0.6 is 23.4 Å². The SMILES string of the molecule is CC(=N)c1cc(C(C)C)c(O)cc1O.CCNC(=O)C(C)=N.Cc1ccc(CN2CCC(CN3CCN(c4cccc(Sc5ncc(N6CCC(C)(N)CC6)nc5N)c4Cl)CC3)CC2)cc1. The van der Waals surface area contributed by atoms with Gasteiger partial charge in [0, 0.05) is 86.7 Å². The normalized spacial score (nSPS) is 16.8. The number of nitrogens with two attached hydrogens (primary N) is 2. The Balaban J connectivity index is 0.000000305. The number of nitrogens with zero attached hydrogens (tertiary/aromatic N) is 6. The second-order valence-electron chi connectivity index (χ2n) is 18.4. The summed E-state index contributed by atoms with van der Waals surface area (Å²) in [5.41, 5.74) is 18.0. The molecule has 4 aromatic rings. The minimum absolute atomic E-state index is 0.0422. The molecule has 0 saturated carbocycles. The highest BCUT2D eigenvalue weighted by atomic mass is 35.5. The monoisotopic (exact) mass is 942 g/mol. The molecule has 14 nitrogen and oxygen atoms in total. The van der Waals surface area contributed by atoms with Crippen LogP contribution in [0.2, 0.25) is 5.02 Å². The van der Waals surface area contributed by atoms with E-state index in [0.717, 1.165) is 91.6 Å². The van der Waals surface area contributed by atoms with Crippen LogP contribution in [0.1, 0.15) is 95.4 Å². The molecule has 16 heteroatoms. The summed E-state index contributed by atoms with van der Waals surface area (Å²) in [5.74, 6) is 1.97. The van der Waals surface area contributed by atoms with Crippen LogP contribution in [0.15, 0.2) is 70.7 Å². The van der Waals surface area contributed by atoms with Gasteiger partial charge in [-0.1, -0.05) is 73.1 Å². The number of hydrogen-bond donors (Lipinski definition) is 7. The second-order valence-corrected chi connectivity index (χ2v) is 19.8. The number of phenolic OH excluding ortho intramolecular Hbond substituents is 2. The van der Waals surface area contributed by atoms with Gasteiger partial charge in [0.25, 0.3) is 5.91 Å². The minimum atomic E-state index is -0.285. The Kier molecular flexibility index (Phi) is 19.1. The highest BCUT2D eigenvalue weighted by Gasteiger charge is 2.28. The number of phenols is 2. The van der Waals surface area contributed by atoms with Crippen molar-refractivity contribution in [2.45, 2.75) is 102 Å². The van der Waals surface area contributed by atoms with Crippen LogP contribution in [0.5, 0.6) is 11.5 Å². The van der Waals surface area contributed by atoms with E-state index in [9.17, 15) is 15.0 Å². The van der Waals surface area contributed by atoms with E-state index in [1.807, 2.05) is 33.0 Å². The van der Waals surface area contributed by atoms with E-state index in [1.165, 1.54) is 68.4 Å². The maximum Gasteiger partial charge on any atom is 0.264 e. The molecule has 1 amide bonds. The number of nitrogens with one attached hydrogen (secondary N) is 3. The number of carbonyl (C=O) groups excluding carboxylic acids is 1. The molecule has 4 heterocycles. The molecule has 0 atom stereocenters. The van der Waals surface area contributed by atoms with Crippen molar-refractivity contribution in [3.8, 4) is 11.5 Å². The minimum Gasteiger partial charge on any atom is -0.508 e. The molecule has 0 aliphatic carbocycles. The quantitative estimate of drug-likeness (QED) is 0.0670. The van der Waals surface area contributed by atoms with Crippen molar-refractivity contribution in [1.82, 2.24) is 25.1 Å². The molecule has 358 valence electrons. The first kappa shape index (κ1) is 52.0. The van der Waals surface area contributed by atoms with Gasteiger partial charge in [-0.15, -0.1) is 0 Å². The third-order valence-electron chi connectivity index (χ3n) is 12.4. The molecule has 1 aromatic heterocycles. The molecule has 3 aliphatic heterocycles. The maximum atomic E-state index is 10.4. The fourth-order valence-corrected chi connectivity index (χ4v) is 9.42. The Labute approximate surface area is 401 Å². The van der Waals surface area contributed by atoms with Crippen molar-refractivity contribution in [3.63, 3.8) is 0 Å². The van der Waals surface area contributed by atoms with Gasteiger partial charge in [0.15, 0.2) is 5.82 Å². The molecule has 9 N–H and O–H groups in total. The summed E-state index contributed by atoms with van der Waals surface area (Å²) in [7, 11) is 0. The van der Waals surface area contributed by atoms with Gasteiger partial charge in [-0.05, 0) is 115 Å². The number of benzene rings is 3. The van der Waals surface area contributed by atoms with Crippen LogP contribution in [0, 0.1) is 23.7 Å². The summed E-state index contributed by atoms with van der Waals surface area (Å²) in [6, 6.07) is 18.2. The number of piperazine rings is 1. The number of nitrogen functional groups attached to an aromatic ring is 1. The Morgan fingerprint density at radius 1 is 0.939 bits per heavy atom. The third-order valence-corrected chi connectivity index (χ3v) is 14.0. The van der Waals surface area contributed by atoms with Crippen molar-refractivity contribution >= 4 is 58.0 Å². The molecule has 0 spiro atoms. The van der Waals surface area contributed by atoms with Gasteiger partial charge in [-0.25, -0.2) is 9.97 Å². The van der Waals surface area contributed by atoms with E-state index >= 15 is 0 Å². The zero-order valence-corrected chi connectivity index (χ0v) is 41.5. The molecular formula is C50H72ClN11O3S. The van der Waals surface area contributed by atoms with Gasteiger partial charge >= 0.3 is 0 Å². The largest absolute Gasteiger partial charge is 0.508 e. The molecule has 3 fully saturated rings. The zero-order chi connectivity index (χ0) is 48.1. The number of aromatic hydroxyl groups is 2. The molecular weight excluding hydrogens is 870 g/mol. The molecule has 66 heavy (non-hydrogen) atoms. The first-order valence-electron chi connectivity index (χ1n) is 23.2. The molecule has 0 radical (unpaired) electrons. The topological polar surface area (TPSA) is 208 Å². The van der Waals surface area contributed by atoms with Crippen molar-refractivity contribution in [1.29, 1.82) is 10.8 Å². The van der Waals surface area contributed by atoms with Crippen molar-refractivity contribution in [2.75, 3.05) is 81.0 Å². The number of aryl methyl sites for hydroxylation is 1. The van der Waals surface area contributed by atoms with Crippen LogP contribution < -0.4 is 26.6 Å². The highest BCUT2D eigenvalue weighted by Crippen LogP contribution is 2.40. The standard InChI is InChI=1S/C34H47ClN8S.C11H15NO2.C5H10N2O/c1-25-6-8-26(9-7-25)23-40-14-10-27(11-15-40)24-41-18-20-42(21-19-41)28-4-3-5-29(31(28)35)44-33-32(36)39-30(22-38-33)43-16-12-34(2,37)13-17-43;1-6(2)8-4-9(7(3)12)11(14)5-10(8)13;1-3-7-5(8)4(2)6/h3-9,22,27H,10-21,23-24,37H2,1-2H3,(H2,36,39);4-6,12-14H,1-3H3;6H,3H2,1-2H3,(H,7,8). The molecule has 0 unspecified atom stereocenters. The lowest BCUT2D eigenvalue weighted by atomic mass is 9.91. The van der Waals surface area contributed by atoms with E-state index in [-0.39, 0.29) is 34.6 Å². The van der Waals surface area contributed by atoms with Gasteiger partial charge in [0.1, 0.15) is 22.3 Å². The van der Waals surface area contributed by atoms with Crippen LogP contribution in [0.25, 0.3) is 0 Å². The van der Waals surface area contributed by atoms with E-state index in [2.05, 4.69) is 85.1 Å². The fraction of sp³-hybridized carbons (Fsp3) is 0.500. The predicted molar refractivity (Wildman–Crippen MR) is 272 cm³/mol. The average Bonchev–Trinajstić information content (AvgIpc) is 3.27. The number of anilines is 3. The Morgan fingerprint density at radius 3 is 2.15 bits per heavy atom. The fourth-order valence-electron chi connectivity index (χ4n) is 8.25. The number of carbonyl (C=O) groups is 1. The summed E-state index contributed by atoms with van der Waals surface area (Å²) >= 11 is 8.49. The first-order chi connectivity index (χ1) is 31.3. The average molecular weight is 943 g/mol. The molecule has 3 aromatic carbocycles. The number of hydrogen-bond acceptors (Lipinski definition) is 14. The number of halogens is 1. The number of aromatic nitrogens is 2. The van der Waals surface area contributed by atoms with Crippen molar-refractivity contribution in [2.24, 2.45) is 11.7 Å². The summed E-state index contributed by atoms with van der Waals surface area (Å²) < 4.78 is 0. The van der Waals surface area contributed by atoms with Crippen molar-refractivity contribution < 1.29 is 15.0 Å². The summed E-state index contributed by atoms with van der Waals surface area (Å²) in [5, 5.41) is 37.2. The molecule has 0 bridgehead atoms. The predicted octanol–water partition coefficient (Wildman–Crippen LogP) is 8.29. The third kappa shape index (κ3) is 15.0. The van der Waals surface area contributed by atoms with Gasteiger partial charge in [0.05, 0.1) is 22.6 Å². The highest BCUT2D eigenvalue weighted by molar-refractivity contribution is 7.99. The summed E-state index contributed by atoms with van der Waals surface area (Å²) in [6.45, 7) is 24.1. The summed E-state index contributed by atoms with van der Waals surface area (Å²) in [4.78, 5) is 30.6. The van der Waals surface area contributed by atoms with Gasteiger partial charge in [-0.2, -0.15) is 0 Å². The Hall–Kier alpha value is -4.93.